The van der Waals surface area contributed by atoms with E-state index in [1.807, 2.05) is 12.1 Å². The van der Waals surface area contributed by atoms with E-state index in [9.17, 15) is 0 Å². The summed E-state index contributed by atoms with van der Waals surface area (Å²) < 4.78 is 0. The Morgan fingerprint density at radius 2 is 1.30 bits per heavy atom. The van der Waals surface area contributed by atoms with Crippen LogP contribution < -0.4 is 0 Å². The molecule has 110 valence electrons. The lowest BCUT2D eigenvalue weighted by Crippen LogP contribution is -2.15. The maximum atomic E-state index is 4.71. The monoisotopic (exact) mass is 330 g/mol. The minimum atomic E-state index is -1.25. The van der Waals surface area contributed by atoms with E-state index in [4.69, 9.17) is 9.97 Å². The molecule has 0 atom stereocenters. The summed E-state index contributed by atoms with van der Waals surface area (Å²) in [6, 6.07) is 11.4. The van der Waals surface area contributed by atoms with Crippen molar-refractivity contribution in [3.05, 3.63) is 67.8 Å². The quantitative estimate of drug-likeness (QED) is 0.329. The summed E-state index contributed by atoms with van der Waals surface area (Å²) >= 11 is 0. The van der Waals surface area contributed by atoms with Crippen molar-refractivity contribution in [3.8, 4) is 5.19 Å². The number of rotatable bonds is 3. The molecule has 3 aromatic heterocycles. The third-order valence-corrected chi connectivity index (χ3v) is 9.51. The topological polar surface area (TPSA) is 51.6 Å². The van der Waals surface area contributed by atoms with Crippen LogP contribution >= 0.6 is 0 Å². The summed E-state index contributed by atoms with van der Waals surface area (Å²) in [5.41, 5.74) is 0. The van der Waals surface area contributed by atoms with Crippen molar-refractivity contribution in [2.24, 2.45) is 0 Å². The van der Waals surface area contributed by atoms with Gasteiger partial charge >= 0.3 is 0 Å². The number of hydrogen-bond donors (Lipinski definition) is 0. The Morgan fingerprint density at radius 3 is 1.83 bits per heavy atom. The van der Waals surface area contributed by atoms with Gasteiger partial charge in [0.05, 0.1) is 20.5 Å². The normalized spacial score (nSPS) is 11.0. The van der Waals surface area contributed by atoms with Crippen molar-refractivity contribution in [1.29, 1.82) is 0 Å². The van der Waals surface area contributed by atoms with Crippen LogP contribution in [-0.2, 0) is 6.04 Å². The lowest BCUT2D eigenvalue weighted by atomic mass is 10.4. The molecule has 0 aliphatic carbocycles. The molecule has 0 saturated carbocycles. The van der Waals surface area contributed by atoms with E-state index in [0.29, 0.717) is 0 Å². The highest BCUT2D eigenvalue weighted by Gasteiger charge is 2.19. The maximum Gasteiger partial charge on any atom is 0.140 e. The minimum Gasteiger partial charge on any atom is -0.259 e. The van der Waals surface area contributed by atoms with E-state index in [1.165, 1.54) is 5.19 Å². The van der Waals surface area contributed by atoms with Crippen LogP contribution in [0.3, 0.4) is 0 Å². The molecule has 0 radical (unpaired) electrons. The van der Waals surface area contributed by atoms with Crippen LogP contribution in [0.2, 0.25) is 0 Å². The van der Waals surface area contributed by atoms with Gasteiger partial charge in [0.1, 0.15) is 16.8 Å². The Kier molecular flexibility index (Phi) is 3.68. The Bertz CT molecular complexity index is 962. The predicted molar refractivity (Wildman–Crippen MR) is 96.1 cm³/mol. The van der Waals surface area contributed by atoms with Crippen molar-refractivity contribution in [2.45, 2.75) is 6.04 Å². The van der Waals surface area contributed by atoms with Gasteiger partial charge in [0.25, 0.3) is 0 Å². The van der Waals surface area contributed by atoms with E-state index >= 15 is 0 Å². The molecule has 0 bridgehead atoms. The molecule has 0 aliphatic heterocycles. The lowest BCUT2D eigenvalue weighted by Gasteiger charge is -2.12. The van der Waals surface area contributed by atoms with Crippen LogP contribution in [0, 0.1) is 0 Å². The Hall–Kier alpha value is -2.45. The van der Waals surface area contributed by atoms with Gasteiger partial charge in [0.15, 0.2) is 0 Å². The molecule has 3 heterocycles. The van der Waals surface area contributed by atoms with Crippen molar-refractivity contribution >= 4 is 37.3 Å². The van der Waals surface area contributed by atoms with Gasteiger partial charge in [0.2, 0.25) is 0 Å². The molecule has 0 aliphatic rings. The van der Waals surface area contributed by atoms with Gasteiger partial charge in [0, 0.05) is 24.8 Å². The van der Waals surface area contributed by atoms with Crippen molar-refractivity contribution in [2.75, 3.05) is 0 Å². The summed E-state index contributed by atoms with van der Waals surface area (Å²) in [6.45, 7) is 3.92. The summed E-state index contributed by atoms with van der Waals surface area (Å²) in [6.07, 6.45) is 9.13. The third kappa shape index (κ3) is 2.36. The summed E-state index contributed by atoms with van der Waals surface area (Å²) in [4.78, 5) is 18.8. The number of allylic oxidation sites excluding steroid dienone is 1. The SMILES string of the molecule is C=CC[si]1c2nccnc2[si](-c2ccccc2)c2nccnc21. The van der Waals surface area contributed by atoms with E-state index in [2.05, 4.69) is 40.8 Å². The van der Waals surface area contributed by atoms with Crippen LogP contribution in [0.1, 0.15) is 0 Å². The number of hydrogen-bond acceptors (Lipinski definition) is 4. The Labute approximate surface area is 136 Å². The van der Waals surface area contributed by atoms with E-state index in [-0.39, 0.29) is 0 Å². The fourth-order valence-electron chi connectivity index (χ4n) is 2.92. The van der Waals surface area contributed by atoms with E-state index in [1.54, 1.807) is 24.8 Å². The fourth-order valence-corrected chi connectivity index (χ4v) is 8.95. The first-order valence-electron chi connectivity index (χ1n) is 7.42. The average molecular weight is 330 g/mol. The van der Waals surface area contributed by atoms with Crippen LogP contribution in [0.15, 0.2) is 67.8 Å². The molecule has 4 rings (SSSR count). The predicted octanol–water partition coefficient (Wildman–Crippen LogP) is 2.80. The van der Waals surface area contributed by atoms with Crippen LogP contribution in [-0.4, -0.2) is 36.7 Å². The zero-order valence-electron chi connectivity index (χ0n) is 12.5. The average Bonchev–Trinajstić information content (AvgIpc) is 2.62. The first-order chi connectivity index (χ1) is 11.4. The molecular formula is C17H14N4Si2. The highest BCUT2D eigenvalue weighted by molar-refractivity contribution is 6.92. The molecule has 0 N–H and O–H groups in total. The highest BCUT2D eigenvalue weighted by atomic mass is 28.2. The van der Waals surface area contributed by atoms with Crippen molar-refractivity contribution < 1.29 is 0 Å². The second-order valence-electron chi connectivity index (χ2n) is 5.22. The summed E-state index contributed by atoms with van der Waals surface area (Å²) in [5.74, 6) is 0. The van der Waals surface area contributed by atoms with Gasteiger partial charge in [-0.25, -0.2) is 0 Å². The standard InChI is InChI=1S/C17H14N4Si2/c1-2-12-22-14-16(20-10-8-18-14)23(13-6-4-3-5-7-13)17-15(22)19-9-11-21-17/h2-11H,1,12H2. The van der Waals surface area contributed by atoms with Crippen molar-refractivity contribution in [3.63, 3.8) is 0 Å². The molecule has 23 heavy (non-hydrogen) atoms. The molecule has 0 unspecified atom stereocenters. The van der Waals surface area contributed by atoms with Gasteiger partial charge in [-0.2, -0.15) is 0 Å². The summed E-state index contributed by atoms with van der Waals surface area (Å²) in [5, 5.41) is 5.77. The largest absolute Gasteiger partial charge is 0.259 e. The molecule has 1 aromatic carbocycles. The zero-order chi connectivity index (χ0) is 15.6. The lowest BCUT2D eigenvalue weighted by molar-refractivity contribution is 1.30. The fraction of sp³-hybridized carbons (Fsp3) is 0.0588. The van der Waals surface area contributed by atoms with Crippen LogP contribution in [0.4, 0.5) is 0 Å². The number of fused-ring (bicyclic) bond motifs is 2. The first-order valence-corrected chi connectivity index (χ1v) is 10.6. The van der Waals surface area contributed by atoms with Gasteiger partial charge < -0.3 is 0 Å². The second-order valence-corrected chi connectivity index (χ2v) is 9.81. The van der Waals surface area contributed by atoms with E-state index in [0.717, 1.165) is 26.6 Å². The molecular weight excluding hydrogens is 316 g/mol. The molecule has 4 nitrogen and oxygen atoms in total. The van der Waals surface area contributed by atoms with E-state index < -0.39 is 16.8 Å². The molecule has 4 aromatic rings. The van der Waals surface area contributed by atoms with Gasteiger partial charge in [-0.3, -0.25) is 19.9 Å². The smallest absolute Gasteiger partial charge is 0.140 e. The van der Waals surface area contributed by atoms with Gasteiger partial charge in [-0.05, 0) is 11.2 Å². The minimum absolute atomic E-state index is 0.895. The Balaban J connectivity index is 2.24. The molecule has 0 fully saturated rings. The summed E-state index contributed by atoms with van der Waals surface area (Å²) in [7, 11) is -2.34. The van der Waals surface area contributed by atoms with Crippen LogP contribution in [0.25, 0.3) is 25.7 Å². The first kappa shape index (κ1) is 14.2. The number of nitrogens with zero attached hydrogens (tertiary/aromatic N) is 4. The highest BCUT2D eigenvalue weighted by Crippen LogP contribution is 2.21. The maximum absolute atomic E-state index is 4.71. The number of aromatic nitrogens is 4. The Morgan fingerprint density at radius 1 is 0.783 bits per heavy atom. The zero-order valence-corrected chi connectivity index (χ0v) is 14.5. The number of benzene rings is 1. The van der Waals surface area contributed by atoms with Gasteiger partial charge in [-0.15, -0.1) is 6.58 Å². The molecule has 0 spiro atoms. The van der Waals surface area contributed by atoms with Gasteiger partial charge in [-0.1, -0.05) is 36.4 Å². The van der Waals surface area contributed by atoms with Crippen molar-refractivity contribution in [1.82, 2.24) is 19.9 Å². The van der Waals surface area contributed by atoms with Crippen LogP contribution in [0.5, 0.6) is 0 Å². The second kappa shape index (κ2) is 5.98. The molecule has 0 saturated heterocycles. The third-order valence-electron chi connectivity index (χ3n) is 3.85. The molecule has 0 amide bonds. The molecule has 6 heteroatoms.